The number of rotatable bonds is 6. The third-order valence-electron chi connectivity index (χ3n) is 3.99. The Labute approximate surface area is 119 Å². The fraction of sp³-hybridized carbons (Fsp3) is 0.857. The first-order valence-corrected chi connectivity index (χ1v) is 7.38. The zero-order valence-corrected chi connectivity index (χ0v) is 12.1. The van der Waals surface area contributed by atoms with Crippen LogP contribution in [0.15, 0.2) is 0 Å². The molecule has 20 heavy (non-hydrogen) atoms. The van der Waals surface area contributed by atoms with Crippen LogP contribution in [-0.4, -0.2) is 66.8 Å². The molecule has 1 aliphatic heterocycles. The SMILES string of the molecule is CN(CCOCC1CC1)C(=O)N1CCCC(C(=O)O)C1. The summed E-state index contributed by atoms with van der Waals surface area (Å²) in [5.41, 5.74) is 0. The zero-order chi connectivity index (χ0) is 14.5. The maximum Gasteiger partial charge on any atom is 0.319 e. The predicted molar refractivity (Wildman–Crippen MR) is 73.5 cm³/mol. The Hall–Kier alpha value is -1.30. The van der Waals surface area contributed by atoms with Gasteiger partial charge in [0.25, 0.3) is 0 Å². The molecule has 1 heterocycles. The van der Waals surface area contributed by atoms with Crippen molar-refractivity contribution in [2.75, 3.05) is 39.9 Å². The van der Waals surface area contributed by atoms with E-state index >= 15 is 0 Å². The molecule has 1 atom stereocenters. The van der Waals surface area contributed by atoms with Gasteiger partial charge in [-0.3, -0.25) is 4.79 Å². The van der Waals surface area contributed by atoms with Gasteiger partial charge in [-0.2, -0.15) is 0 Å². The Balaban J connectivity index is 1.69. The monoisotopic (exact) mass is 284 g/mol. The maximum absolute atomic E-state index is 12.2. The number of hydrogen-bond acceptors (Lipinski definition) is 3. The van der Waals surface area contributed by atoms with Crippen LogP contribution in [0.4, 0.5) is 4.79 Å². The Kier molecular flexibility index (Phi) is 5.23. The van der Waals surface area contributed by atoms with Crippen LogP contribution in [-0.2, 0) is 9.53 Å². The molecule has 0 radical (unpaired) electrons. The van der Waals surface area contributed by atoms with E-state index in [2.05, 4.69) is 0 Å². The lowest BCUT2D eigenvalue weighted by Gasteiger charge is -2.33. The van der Waals surface area contributed by atoms with Crippen LogP contribution < -0.4 is 0 Å². The number of ether oxygens (including phenoxy) is 1. The van der Waals surface area contributed by atoms with E-state index in [4.69, 9.17) is 9.84 Å². The number of hydrogen-bond donors (Lipinski definition) is 1. The van der Waals surface area contributed by atoms with E-state index in [0.717, 1.165) is 18.9 Å². The summed E-state index contributed by atoms with van der Waals surface area (Å²) in [6.45, 7) is 2.87. The Morgan fingerprint density at radius 1 is 1.35 bits per heavy atom. The van der Waals surface area contributed by atoms with Gasteiger partial charge in [0, 0.05) is 33.3 Å². The molecule has 1 aliphatic carbocycles. The van der Waals surface area contributed by atoms with E-state index < -0.39 is 11.9 Å². The number of piperidine rings is 1. The fourth-order valence-corrected chi connectivity index (χ4v) is 2.43. The van der Waals surface area contributed by atoms with Crippen molar-refractivity contribution >= 4 is 12.0 Å². The second-order valence-corrected chi connectivity index (χ2v) is 5.85. The van der Waals surface area contributed by atoms with Crippen LogP contribution in [0, 0.1) is 11.8 Å². The maximum atomic E-state index is 12.2. The van der Waals surface area contributed by atoms with E-state index in [0.29, 0.717) is 32.7 Å². The molecule has 6 heteroatoms. The molecule has 0 spiro atoms. The molecule has 2 aliphatic rings. The van der Waals surface area contributed by atoms with Gasteiger partial charge in [-0.1, -0.05) is 0 Å². The van der Waals surface area contributed by atoms with Crippen LogP contribution >= 0.6 is 0 Å². The average molecular weight is 284 g/mol. The van der Waals surface area contributed by atoms with Gasteiger partial charge in [0.15, 0.2) is 0 Å². The molecule has 1 unspecified atom stereocenters. The number of carboxylic acids is 1. The highest BCUT2D eigenvalue weighted by molar-refractivity contribution is 5.76. The van der Waals surface area contributed by atoms with E-state index in [-0.39, 0.29) is 6.03 Å². The number of likely N-dealkylation sites (N-methyl/N-ethyl adjacent to an activating group) is 1. The van der Waals surface area contributed by atoms with E-state index in [1.54, 1.807) is 16.8 Å². The second kappa shape index (κ2) is 6.92. The molecule has 1 N–H and O–H groups in total. The molecule has 2 amide bonds. The third kappa shape index (κ3) is 4.37. The number of aliphatic carboxylic acids is 1. The normalized spacial score (nSPS) is 22.6. The van der Waals surface area contributed by atoms with Crippen LogP contribution in [0.1, 0.15) is 25.7 Å². The van der Waals surface area contributed by atoms with Gasteiger partial charge in [-0.05, 0) is 31.6 Å². The Morgan fingerprint density at radius 2 is 2.10 bits per heavy atom. The summed E-state index contributed by atoms with van der Waals surface area (Å²) < 4.78 is 5.52. The summed E-state index contributed by atoms with van der Waals surface area (Å²) in [7, 11) is 1.74. The number of nitrogens with zero attached hydrogens (tertiary/aromatic N) is 2. The molecule has 114 valence electrons. The van der Waals surface area contributed by atoms with Crippen molar-refractivity contribution in [3.63, 3.8) is 0 Å². The summed E-state index contributed by atoms with van der Waals surface area (Å²) >= 11 is 0. The van der Waals surface area contributed by atoms with E-state index in [9.17, 15) is 9.59 Å². The highest BCUT2D eigenvalue weighted by Gasteiger charge is 2.29. The first kappa shape index (κ1) is 15.1. The highest BCUT2D eigenvalue weighted by atomic mass is 16.5. The molecular formula is C14H24N2O4. The lowest BCUT2D eigenvalue weighted by atomic mass is 9.99. The molecule has 0 aromatic carbocycles. The quantitative estimate of drug-likeness (QED) is 0.746. The lowest BCUT2D eigenvalue weighted by Crippen LogP contribution is -2.48. The minimum Gasteiger partial charge on any atom is -0.481 e. The molecule has 2 rings (SSSR count). The van der Waals surface area contributed by atoms with Crippen molar-refractivity contribution < 1.29 is 19.4 Å². The summed E-state index contributed by atoms with van der Waals surface area (Å²) in [6, 6.07) is -0.0917. The van der Waals surface area contributed by atoms with Crippen LogP contribution in [0.25, 0.3) is 0 Å². The first-order valence-electron chi connectivity index (χ1n) is 7.38. The van der Waals surface area contributed by atoms with Gasteiger partial charge in [-0.15, -0.1) is 0 Å². The second-order valence-electron chi connectivity index (χ2n) is 5.85. The van der Waals surface area contributed by atoms with Crippen molar-refractivity contribution in [3.05, 3.63) is 0 Å². The topological polar surface area (TPSA) is 70.1 Å². The minimum absolute atomic E-state index is 0.0917. The van der Waals surface area contributed by atoms with Gasteiger partial charge in [0.05, 0.1) is 12.5 Å². The predicted octanol–water partition coefficient (Wildman–Crippen LogP) is 1.26. The smallest absolute Gasteiger partial charge is 0.319 e. The van der Waals surface area contributed by atoms with Crippen molar-refractivity contribution in [1.82, 2.24) is 9.80 Å². The van der Waals surface area contributed by atoms with Gasteiger partial charge >= 0.3 is 12.0 Å². The first-order chi connectivity index (χ1) is 9.58. The van der Waals surface area contributed by atoms with Crippen molar-refractivity contribution in [2.45, 2.75) is 25.7 Å². The number of amides is 2. The molecule has 2 fully saturated rings. The number of carbonyl (C=O) groups is 2. The summed E-state index contributed by atoms with van der Waals surface area (Å²) in [5.74, 6) is -0.500. The summed E-state index contributed by atoms with van der Waals surface area (Å²) in [6.07, 6.45) is 3.94. The van der Waals surface area contributed by atoms with Crippen molar-refractivity contribution in [3.8, 4) is 0 Å². The highest BCUT2D eigenvalue weighted by Crippen LogP contribution is 2.28. The summed E-state index contributed by atoms with van der Waals surface area (Å²) in [4.78, 5) is 26.5. The lowest BCUT2D eigenvalue weighted by molar-refractivity contribution is -0.143. The largest absolute Gasteiger partial charge is 0.481 e. The van der Waals surface area contributed by atoms with Gasteiger partial charge in [-0.25, -0.2) is 4.79 Å². The summed E-state index contributed by atoms with van der Waals surface area (Å²) in [5, 5.41) is 9.04. The Morgan fingerprint density at radius 3 is 2.75 bits per heavy atom. The molecule has 1 saturated carbocycles. The van der Waals surface area contributed by atoms with Crippen molar-refractivity contribution in [2.24, 2.45) is 11.8 Å². The van der Waals surface area contributed by atoms with Crippen LogP contribution in [0.3, 0.4) is 0 Å². The minimum atomic E-state index is -0.807. The molecule has 6 nitrogen and oxygen atoms in total. The molecule has 0 aromatic rings. The van der Waals surface area contributed by atoms with Crippen molar-refractivity contribution in [1.29, 1.82) is 0 Å². The van der Waals surface area contributed by atoms with Gasteiger partial charge in [0.2, 0.25) is 0 Å². The number of urea groups is 1. The number of carbonyl (C=O) groups excluding carboxylic acids is 1. The van der Waals surface area contributed by atoms with Gasteiger partial charge < -0.3 is 19.6 Å². The molecule has 0 bridgehead atoms. The van der Waals surface area contributed by atoms with Crippen LogP contribution in [0.5, 0.6) is 0 Å². The van der Waals surface area contributed by atoms with E-state index in [1.807, 2.05) is 0 Å². The Bertz CT molecular complexity index is 357. The fourth-order valence-electron chi connectivity index (χ4n) is 2.43. The average Bonchev–Trinajstić information content (AvgIpc) is 3.26. The standard InChI is InChI=1S/C14H24N2O4/c1-15(7-8-20-10-11-4-5-11)14(19)16-6-2-3-12(9-16)13(17)18/h11-12H,2-10H2,1H3,(H,17,18). The van der Waals surface area contributed by atoms with Gasteiger partial charge in [0.1, 0.15) is 0 Å². The number of carboxylic acid groups (broad SMARTS) is 1. The van der Waals surface area contributed by atoms with Crippen LogP contribution in [0.2, 0.25) is 0 Å². The molecule has 1 saturated heterocycles. The number of likely N-dealkylation sites (tertiary alicyclic amines) is 1. The zero-order valence-electron chi connectivity index (χ0n) is 12.1. The molecule has 0 aromatic heterocycles. The van der Waals surface area contributed by atoms with E-state index in [1.165, 1.54) is 12.8 Å². The third-order valence-corrected chi connectivity index (χ3v) is 3.99. The molecular weight excluding hydrogens is 260 g/mol.